The van der Waals surface area contributed by atoms with Crippen molar-refractivity contribution in [1.29, 1.82) is 0 Å². The Kier molecular flexibility index (Phi) is 9.71. The number of rotatable bonds is 12. The lowest BCUT2D eigenvalue weighted by molar-refractivity contribution is 0.0301. The summed E-state index contributed by atoms with van der Waals surface area (Å²) < 4.78 is 31.8. The number of benzene rings is 3. The molecule has 0 bridgehead atoms. The molecule has 2 aromatic carbocycles. The zero-order valence-corrected chi connectivity index (χ0v) is 23.3. The molecule has 6 nitrogen and oxygen atoms in total. The third-order valence-electron chi connectivity index (χ3n) is 7.04. The molecule has 1 heterocycles. The summed E-state index contributed by atoms with van der Waals surface area (Å²) in [6, 6.07) is 20.0. The predicted molar refractivity (Wildman–Crippen MR) is 155 cm³/mol. The van der Waals surface area contributed by atoms with Gasteiger partial charge < -0.3 is 18.8 Å². The van der Waals surface area contributed by atoms with Gasteiger partial charge in [-0.15, -0.1) is 0 Å². The molecule has 1 aliphatic heterocycles. The Morgan fingerprint density at radius 1 is 0.897 bits per heavy atom. The number of hydrogen-bond acceptors (Lipinski definition) is 5. The third-order valence-corrected chi connectivity index (χ3v) is 7.04. The minimum absolute atomic E-state index is 0.00934. The first kappa shape index (κ1) is 28.3. The van der Waals surface area contributed by atoms with Crippen molar-refractivity contribution in [2.45, 2.75) is 27.7 Å². The lowest BCUT2D eigenvalue weighted by Crippen LogP contribution is -2.29. The van der Waals surface area contributed by atoms with E-state index in [9.17, 15) is 9.18 Å². The van der Waals surface area contributed by atoms with Crippen molar-refractivity contribution in [3.63, 3.8) is 0 Å². The molecule has 0 atom stereocenters. The molecule has 0 spiro atoms. The number of hydrogen-bond donors (Lipinski definition) is 0. The maximum absolute atomic E-state index is 13.2. The molecule has 0 radical (unpaired) electrons. The van der Waals surface area contributed by atoms with Crippen LogP contribution >= 0.6 is 0 Å². The highest BCUT2D eigenvalue weighted by Crippen LogP contribution is 2.42. The number of anilines is 1. The molecular formula is C32H38FN2O4+. The number of ether oxygens (including phenoxy) is 2. The van der Waals surface area contributed by atoms with E-state index in [4.69, 9.17) is 13.9 Å². The van der Waals surface area contributed by atoms with E-state index in [-0.39, 0.29) is 19.8 Å². The van der Waals surface area contributed by atoms with Crippen LogP contribution in [0.15, 0.2) is 65.1 Å². The zero-order valence-electron chi connectivity index (χ0n) is 23.3. The molecule has 206 valence electrons. The summed E-state index contributed by atoms with van der Waals surface area (Å²) in [4.78, 5) is 15.5. The Labute approximate surface area is 229 Å². The maximum Gasteiger partial charge on any atom is 0.338 e. The van der Waals surface area contributed by atoms with Gasteiger partial charge in [0.2, 0.25) is 5.36 Å². The van der Waals surface area contributed by atoms with E-state index in [1.807, 2.05) is 18.2 Å². The lowest BCUT2D eigenvalue weighted by Gasteiger charge is -2.22. The summed E-state index contributed by atoms with van der Waals surface area (Å²) in [6.45, 7) is 11.7. The Morgan fingerprint density at radius 2 is 1.67 bits per heavy atom. The van der Waals surface area contributed by atoms with Crippen LogP contribution in [0.25, 0.3) is 33.4 Å². The van der Waals surface area contributed by atoms with Crippen molar-refractivity contribution in [3.8, 4) is 22.5 Å². The van der Waals surface area contributed by atoms with E-state index in [2.05, 4.69) is 73.6 Å². The van der Waals surface area contributed by atoms with Crippen molar-refractivity contribution in [1.82, 2.24) is 4.58 Å². The second kappa shape index (κ2) is 13.4. The molecule has 2 aromatic rings. The summed E-state index contributed by atoms with van der Waals surface area (Å²) in [5.74, 6) is 0.303. The minimum Gasteiger partial charge on any atom is -0.460 e. The molecule has 0 unspecified atom stereocenters. The third kappa shape index (κ3) is 6.14. The Bertz CT molecular complexity index is 1450. The quantitative estimate of drug-likeness (QED) is 0.0967. The molecule has 0 saturated carbocycles. The SMILES string of the molecule is CCN(CC)c1ccc2c(-c3ccccc3C(=O)OCCOCCF)c3ccc(=[N+](CC)CC)cc-3oc2c1. The molecule has 0 saturated heterocycles. The highest BCUT2D eigenvalue weighted by atomic mass is 19.1. The molecular weight excluding hydrogens is 495 g/mol. The van der Waals surface area contributed by atoms with Crippen molar-refractivity contribution < 1.29 is 23.1 Å². The molecule has 1 aliphatic carbocycles. The summed E-state index contributed by atoms with van der Waals surface area (Å²) in [5, 5.41) is 2.00. The Morgan fingerprint density at radius 3 is 2.38 bits per heavy atom. The van der Waals surface area contributed by atoms with E-state index in [0.717, 1.165) is 70.6 Å². The maximum atomic E-state index is 13.2. The van der Waals surface area contributed by atoms with Gasteiger partial charge in [0, 0.05) is 47.4 Å². The van der Waals surface area contributed by atoms with Crippen molar-refractivity contribution in [2.75, 3.05) is 57.6 Å². The molecule has 7 heteroatoms. The van der Waals surface area contributed by atoms with Crippen molar-refractivity contribution in [2.24, 2.45) is 0 Å². The first-order valence-corrected chi connectivity index (χ1v) is 13.8. The van der Waals surface area contributed by atoms with E-state index >= 15 is 0 Å². The van der Waals surface area contributed by atoms with Crippen molar-refractivity contribution >= 4 is 22.6 Å². The van der Waals surface area contributed by atoms with Gasteiger partial charge in [0.15, 0.2) is 0 Å². The van der Waals surface area contributed by atoms with Gasteiger partial charge in [0.1, 0.15) is 37.7 Å². The van der Waals surface area contributed by atoms with E-state index in [0.29, 0.717) is 5.56 Å². The van der Waals surface area contributed by atoms with E-state index in [1.165, 1.54) is 0 Å². The topological polar surface area (TPSA) is 54.9 Å². The number of carbonyl (C=O) groups is 1. The fraction of sp³-hybridized carbons (Fsp3) is 0.375. The van der Waals surface area contributed by atoms with Gasteiger partial charge in [-0.2, -0.15) is 0 Å². The highest BCUT2D eigenvalue weighted by molar-refractivity contribution is 6.08. The Balaban J connectivity index is 1.93. The zero-order chi connectivity index (χ0) is 27.8. The van der Waals surface area contributed by atoms with Crippen LogP contribution in [0.4, 0.5) is 10.1 Å². The van der Waals surface area contributed by atoms with E-state index in [1.54, 1.807) is 6.07 Å². The molecule has 0 aromatic heterocycles. The largest absolute Gasteiger partial charge is 0.460 e. The average Bonchev–Trinajstić information content (AvgIpc) is 2.97. The molecule has 4 rings (SSSR count). The van der Waals surface area contributed by atoms with Gasteiger partial charge in [-0.1, -0.05) is 18.2 Å². The van der Waals surface area contributed by atoms with Crippen LogP contribution < -0.4 is 14.8 Å². The monoisotopic (exact) mass is 533 g/mol. The second-order valence-electron chi connectivity index (χ2n) is 9.17. The van der Waals surface area contributed by atoms with Gasteiger partial charge in [-0.3, -0.25) is 0 Å². The summed E-state index contributed by atoms with van der Waals surface area (Å²) >= 11 is 0. The van der Waals surface area contributed by atoms with Crippen LogP contribution in [0.3, 0.4) is 0 Å². The van der Waals surface area contributed by atoms with Gasteiger partial charge in [-0.05, 0) is 57.5 Å². The number of fused-ring (bicyclic) bond motifs is 2. The molecule has 0 amide bonds. The Hall–Kier alpha value is -3.71. The summed E-state index contributed by atoms with van der Waals surface area (Å²) in [7, 11) is 0. The normalized spacial score (nSPS) is 11.2. The number of esters is 1. The van der Waals surface area contributed by atoms with Crippen LogP contribution in [0, 0.1) is 0 Å². The molecule has 0 N–H and O–H groups in total. The van der Waals surface area contributed by atoms with E-state index < -0.39 is 12.6 Å². The second-order valence-corrected chi connectivity index (χ2v) is 9.17. The molecule has 2 aliphatic rings. The van der Waals surface area contributed by atoms with Crippen LogP contribution in [-0.2, 0) is 9.47 Å². The number of alkyl halides is 1. The average molecular weight is 534 g/mol. The van der Waals surface area contributed by atoms with Gasteiger partial charge in [0.05, 0.1) is 24.8 Å². The fourth-order valence-corrected chi connectivity index (χ4v) is 5.04. The minimum atomic E-state index is -0.567. The standard InChI is InChI=1S/C32H38FN2O4/c1-5-34(6-2)23-13-15-27-29(21-23)39-30-22-24(35(7-3)8-4)14-16-28(30)31(27)25-11-9-10-12-26(25)32(36)38-20-19-37-18-17-33/h9-16,21-22H,5-8,17-20H2,1-4H3/q+1. The lowest BCUT2D eigenvalue weighted by atomic mass is 9.90. The van der Waals surface area contributed by atoms with Crippen molar-refractivity contribution in [3.05, 3.63) is 71.6 Å². The van der Waals surface area contributed by atoms with Gasteiger partial charge in [-0.25, -0.2) is 13.8 Å². The summed E-state index contributed by atoms with van der Waals surface area (Å²) in [5.41, 5.74) is 4.90. The van der Waals surface area contributed by atoms with Crippen LogP contribution in [0.1, 0.15) is 38.1 Å². The molecule has 0 fully saturated rings. The van der Waals surface area contributed by atoms with Crippen LogP contribution in [0.5, 0.6) is 0 Å². The number of nitrogens with zero attached hydrogens (tertiary/aromatic N) is 2. The van der Waals surface area contributed by atoms with Gasteiger partial charge >= 0.3 is 5.97 Å². The highest BCUT2D eigenvalue weighted by Gasteiger charge is 2.23. The number of halogens is 1. The molecule has 39 heavy (non-hydrogen) atoms. The predicted octanol–water partition coefficient (Wildman–Crippen LogP) is 6.01. The summed E-state index contributed by atoms with van der Waals surface area (Å²) in [6.07, 6.45) is 0. The fourth-order valence-electron chi connectivity index (χ4n) is 5.04. The van der Waals surface area contributed by atoms with Crippen LogP contribution in [-0.4, -0.2) is 58.6 Å². The number of carbonyl (C=O) groups excluding carboxylic acids is 1. The van der Waals surface area contributed by atoms with Gasteiger partial charge in [0.25, 0.3) is 0 Å². The smallest absolute Gasteiger partial charge is 0.338 e. The first-order valence-electron chi connectivity index (χ1n) is 13.8. The first-order chi connectivity index (χ1) is 19.1. The van der Waals surface area contributed by atoms with Crippen LogP contribution in [0.2, 0.25) is 0 Å².